The second-order valence-electron chi connectivity index (χ2n) is 8.55. The number of rotatable bonds is 2. The minimum atomic E-state index is -0.489. The van der Waals surface area contributed by atoms with Gasteiger partial charge in [0.2, 0.25) is 5.91 Å². The van der Waals surface area contributed by atoms with Crippen molar-refractivity contribution in [1.82, 2.24) is 10.2 Å². The fraction of sp³-hybridized carbons (Fsp3) is 0.889. The van der Waals surface area contributed by atoms with Crippen molar-refractivity contribution in [1.29, 1.82) is 0 Å². The molecule has 0 aromatic carbocycles. The Morgan fingerprint density at radius 3 is 2.52 bits per heavy atom. The number of nitrogens with zero attached hydrogens (tertiary/aromatic N) is 1. The third-order valence-electron chi connectivity index (χ3n) is 5.51. The summed E-state index contributed by atoms with van der Waals surface area (Å²) in [6, 6.07) is 0.0149. The number of nitrogens with one attached hydrogen (secondary N) is 1. The zero-order chi connectivity index (χ0) is 16.6. The molecule has 2 amide bonds. The summed E-state index contributed by atoms with van der Waals surface area (Å²) in [6.45, 7) is 7.04. The highest BCUT2D eigenvalue weighted by molar-refractivity contribution is 5.80. The normalized spacial score (nSPS) is 33.6. The molecule has 3 aliphatic rings. The minimum Gasteiger partial charge on any atom is -0.444 e. The van der Waals surface area contributed by atoms with E-state index in [0.717, 1.165) is 31.7 Å². The smallest absolute Gasteiger partial charge is 0.407 e. The summed E-state index contributed by atoms with van der Waals surface area (Å²) >= 11 is 0. The van der Waals surface area contributed by atoms with Crippen LogP contribution in [0, 0.1) is 17.8 Å². The maximum atomic E-state index is 12.8. The number of hydrogen-bond donors (Lipinski definition) is 1. The van der Waals surface area contributed by atoms with Crippen LogP contribution >= 0.6 is 0 Å². The molecule has 4 atom stereocenters. The molecule has 5 heteroatoms. The predicted molar refractivity (Wildman–Crippen MR) is 87.9 cm³/mol. The molecule has 2 saturated carbocycles. The van der Waals surface area contributed by atoms with Gasteiger partial charge in [-0.1, -0.05) is 6.42 Å². The van der Waals surface area contributed by atoms with Crippen molar-refractivity contribution in [2.24, 2.45) is 17.8 Å². The molecule has 1 aliphatic heterocycles. The fourth-order valence-electron chi connectivity index (χ4n) is 4.55. The van der Waals surface area contributed by atoms with E-state index in [-0.39, 0.29) is 18.1 Å². The summed E-state index contributed by atoms with van der Waals surface area (Å²) in [5, 5.41) is 2.93. The van der Waals surface area contributed by atoms with E-state index >= 15 is 0 Å². The summed E-state index contributed by atoms with van der Waals surface area (Å²) in [6.07, 6.45) is 6.38. The number of amides is 2. The largest absolute Gasteiger partial charge is 0.444 e. The van der Waals surface area contributed by atoms with Gasteiger partial charge in [0.05, 0.1) is 0 Å². The van der Waals surface area contributed by atoms with Gasteiger partial charge in [-0.05, 0) is 64.7 Å². The molecule has 0 spiro atoms. The average molecular weight is 322 g/mol. The van der Waals surface area contributed by atoms with E-state index in [4.69, 9.17) is 4.74 Å². The first-order chi connectivity index (χ1) is 10.8. The van der Waals surface area contributed by atoms with Crippen molar-refractivity contribution in [2.45, 2.75) is 70.9 Å². The Morgan fingerprint density at radius 2 is 1.91 bits per heavy atom. The average Bonchev–Trinajstić information content (AvgIpc) is 3.07. The molecule has 1 saturated heterocycles. The van der Waals surface area contributed by atoms with Crippen LogP contribution in [0.4, 0.5) is 4.79 Å². The fourth-order valence-corrected chi connectivity index (χ4v) is 4.55. The van der Waals surface area contributed by atoms with Crippen LogP contribution in [0.3, 0.4) is 0 Å². The van der Waals surface area contributed by atoms with Crippen LogP contribution in [0.2, 0.25) is 0 Å². The van der Waals surface area contributed by atoms with Crippen molar-refractivity contribution < 1.29 is 14.3 Å². The zero-order valence-electron chi connectivity index (χ0n) is 14.6. The Kier molecular flexibility index (Phi) is 4.56. The van der Waals surface area contributed by atoms with Gasteiger partial charge in [-0.25, -0.2) is 4.79 Å². The molecule has 1 N–H and O–H groups in total. The van der Waals surface area contributed by atoms with E-state index in [0.29, 0.717) is 18.4 Å². The number of carbonyl (C=O) groups excluding carboxylic acids is 2. The number of fused-ring (bicyclic) bond motifs is 2. The molecule has 0 radical (unpaired) electrons. The topological polar surface area (TPSA) is 58.6 Å². The first kappa shape index (κ1) is 16.6. The van der Waals surface area contributed by atoms with E-state index in [1.54, 1.807) is 0 Å². The summed E-state index contributed by atoms with van der Waals surface area (Å²) in [7, 11) is 0. The first-order valence-corrected chi connectivity index (χ1v) is 9.10. The summed E-state index contributed by atoms with van der Waals surface area (Å²) in [5.41, 5.74) is -0.489. The van der Waals surface area contributed by atoms with Gasteiger partial charge in [0.25, 0.3) is 0 Å². The van der Waals surface area contributed by atoms with Gasteiger partial charge in [-0.15, -0.1) is 0 Å². The summed E-state index contributed by atoms with van der Waals surface area (Å²) in [5.74, 6) is 1.98. The second kappa shape index (κ2) is 6.33. The minimum absolute atomic E-state index is 0.0149. The number of ether oxygens (including phenoxy) is 1. The van der Waals surface area contributed by atoms with Crippen LogP contribution in [-0.4, -0.2) is 41.6 Å². The van der Waals surface area contributed by atoms with Gasteiger partial charge in [0.1, 0.15) is 5.60 Å². The molecular formula is C18H30N2O3. The van der Waals surface area contributed by atoms with Crippen LogP contribution in [0.1, 0.15) is 59.3 Å². The Bertz CT molecular complexity index is 471. The van der Waals surface area contributed by atoms with Crippen molar-refractivity contribution in [3.8, 4) is 0 Å². The van der Waals surface area contributed by atoms with E-state index in [2.05, 4.69) is 5.32 Å². The molecule has 130 valence electrons. The molecule has 1 heterocycles. The molecule has 0 unspecified atom stereocenters. The maximum Gasteiger partial charge on any atom is 0.407 e. The lowest BCUT2D eigenvalue weighted by Gasteiger charge is -2.36. The Balaban J connectivity index is 1.52. The molecular weight excluding hydrogens is 292 g/mol. The van der Waals surface area contributed by atoms with Gasteiger partial charge in [-0.3, -0.25) is 4.79 Å². The highest BCUT2D eigenvalue weighted by Crippen LogP contribution is 2.49. The number of likely N-dealkylation sites (tertiary alicyclic amines) is 1. The first-order valence-electron chi connectivity index (χ1n) is 9.10. The highest BCUT2D eigenvalue weighted by Gasteiger charge is 2.44. The van der Waals surface area contributed by atoms with Crippen LogP contribution in [0.5, 0.6) is 0 Å². The standard InChI is InChI=1S/C18H30N2O3/c1-18(2,3)23-17(22)19-14-5-4-8-20(11-14)16(21)15-10-12-6-7-13(15)9-12/h12-15H,4-11H2,1-3H3,(H,19,22)/t12-,13-,14-,15+/m0/s1. The van der Waals surface area contributed by atoms with Gasteiger partial charge < -0.3 is 15.0 Å². The van der Waals surface area contributed by atoms with Gasteiger partial charge in [-0.2, -0.15) is 0 Å². The lowest BCUT2D eigenvalue weighted by Crippen LogP contribution is -2.52. The van der Waals surface area contributed by atoms with E-state index < -0.39 is 5.60 Å². The third-order valence-corrected chi connectivity index (χ3v) is 5.51. The summed E-state index contributed by atoms with van der Waals surface area (Å²) < 4.78 is 5.32. The number of carbonyl (C=O) groups is 2. The second-order valence-corrected chi connectivity index (χ2v) is 8.55. The molecule has 5 nitrogen and oxygen atoms in total. The van der Waals surface area contributed by atoms with Crippen molar-refractivity contribution in [3.63, 3.8) is 0 Å². The van der Waals surface area contributed by atoms with Crippen LogP contribution in [0.25, 0.3) is 0 Å². The lowest BCUT2D eigenvalue weighted by atomic mass is 9.87. The van der Waals surface area contributed by atoms with Crippen LogP contribution < -0.4 is 5.32 Å². The zero-order valence-corrected chi connectivity index (χ0v) is 14.6. The monoisotopic (exact) mass is 322 g/mol. The van der Waals surface area contributed by atoms with Crippen molar-refractivity contribution in [3.05, 3.63) is 0 Å². The van der Waals surface area contributed by atoms with Crippen molar-refractivity contribution in [2.75, 3.05) is 13.1 Å². The Morgan fingerprint density at radius 1 is 1.13 bits per heavy atom. The van der Waals surface area contributed by atoms with E-state index in [9.17, 15) is 9.59 Å². The molecule has 3 fully saturated rings. The number of alkyl carbamates (subject to hydrolysis) is 1. The Labute approximate surface area is 139 Å². The molecule has 3 rings (SSSR count). The quantitative estimate of drug-likeness (QED) is 0.850. The number of hydrogen-bond acceptors (Lipinski definition) is 3. The lowest BCUT2D eigenvalue weighted by molar-refractivity contribution is -0.138. The molecule has 23 heavy (non-hydrogen) atoms. The molecule has 0 aromatic heterocycles. The van der Waals surface area contributed by atoms with Gasteiger partial charge in [0, 0.05) is 25.0 Å². The Hall–Kier alpha value is -1.26. The molecule has 2 bridgehead atoms. The predicted octanol–water partition coefficient (Wildman–Crippen LogP) is 2.94. The molecule has 0 aromatic rings. The van der Waals surface area contributed by atoms with E-state index in [1.807, 2.05) is 25.7 Å². The van der Waals surface area contributed by atoms with E-state index in [1.165, 1.54) is 19.3 Å². The molecule has 2 aliphatic carbocycles. The van der Waals surface area contributed by atoms with Crippen molar-refractivity contribution >= 4 is 12.0 Å². The third kappa shape index (κ3) is 3.99. The van der Waals surface area contributed by atoms with Gasteiger partial charge in [0.15, 0.2) is 0 Å². The van der Waals surface area contributed by atoms with Gasteiger partial charge >= 0.3 is 6.09 Å². The highest BCUT2D eigenvalue weighted by atomic mass is 16.6. The van der Waals surface area contributed by atoms with Crippen LogP contribution in [0.15, 0.2) is 0 Å². The SMILES string of the molecule is CC(C)(C)OC(=O)N[C@H]1CCCN(C(=O)[C@@H]2C[C@H]3CC[C@H]2C3)C1. The van der Waals surface area contributed by atoms with Crippen LogP contribution in [-0.2, 0) is 9.53 Å². The maximum absolute atomic E-state index is 12.8. The number of piperidine rings is 1. The summed E-state index contributed by atoms with van der Waals surface area (Å²) in [4.78, 5) is 26.7.